The molecule has 0 aliphatic carbocycles. The molecule has 0 amide bonds. The standard InChI is InChI=1S/C4H10NOS/c5-4-1-2-7(6)3-4/h4,6H,1-3,5H2/q+1/t4-,7?/m0/s1. The first-order chi connectivity index (χ1) is 3.29. The predicted octanol–water partition coefficient (Wildman–Crippen LogP) is -0.191. The third-order valence-electron chi connectivity index (χ3n) is 1.13. The second-order valence-corrected chi connectivity index (χ2v) is 3.55. The molecule has 1 aliphatic heterocycles. The lowest BCUT2D eigenvalue weighted by atomic mass is 10.3. The van der Waals surface area contributed by atoms with Crippen molar-refractivity contribution >= 4 is 11.2 Å². The fraction of sp³-hybridized carbons (Fsp3) is 1.00. The monoisotopic (exact) mass is 120 g/mol. The van der Waals surface area contributed by atoms with Crippen LogP contribution < -0.4 is 5.73 Å². The summed E-state index contributed by atoms with van der Waals surface area (Å²) in [5.41, 5.74) is 5.47. The molecule has 0 aromatic heterocycles. The zero-order valence-corrected chi connectivity index (χ0v) is 4.95. The van der Waals surface area contributed by atoms with Gasteiger partial charge < -0.3 is 5.73 Å². The van der Waals surface area contributed by atoms with Crippen molar-refractivity contribution in [2.45, 2.75) is 12.5 Å². The maximum atomic E-state index is 8.85. The zero-order valence-electron chi connectivity index (χ0n) is 4.13. The molecule has 1 heterocycles. The SMILES string of the molecule is N[C@H]1CC[S+](O)C1. The summed E-state index contributed by atoms with van der Waals surface area (Å²) >= 11 is -0.328. The quantitative estimate of drug-likeness (QED) is 0.435. The number of rotatable bonds is 0. The highest BCUT2D eigenvalue weighted by molar-refractivity contribution is 7.91. The minimum atomic E-state index is -0.328. The smallest absolute Gasteiger partial charge is 0.156 e. The summed E-state index contributed by atoms with van der Waals surface area (Å²) in [4.78, 5) is 0. The predicted molar refractivity (Wildman–Crippen MR) is 32.3 cm³/mol. The van der Waals surface area contributed by atoms with Crippen molar-refractivity contribution in [3.8, 4) is 0 Å². The Morgan fingerprint density at radius 3 is 2.57 bits per heavy atom. The Hall–Kier alpha value is 0.270. The third kappa shape index (κ3) is 1.33. The molecule has 1 saturated heterocycles. The van der Waals surface area contributed by atoms with Crippen LogP contribution in [-0.2, 0) is 11.2 Å². The Morgan fingerprint density at radius 1 is 1.71 bits per heavy atom. The van der Waals surface area contributed by atoms with Gasteiger partial charge in [-0.15, -0.1) is 0 Å². The molecule has 1 fully saturated rings. The summed E-state index contributed by atoms with van der Waals surface area (Å²) in [6, 6.07) is 0.285. The summed E-state index contributed by atoms with van der Waals surface area (Å²) < 4.78 is 8.85. The van der Waals surface area contributed by atoms with Crippen LogP contribution in [-0.4, -0.2) is 22.1 Å². The highest BCUT2D eigenvalue weighted by Gasteiger charge is 2.28. The van der Waals surface area contributed by atoms with Crippen LogP contribution in [0.4, 0.5) is 0 Å². The van der Waals surface area contributed by atoms with Crippen LogP contribution >= 0.6 is 0 Å². The van der Waals surface area contributed by atoms with E-state index in [1.807, 2.05) is 0 Å². The molecular weight excluding hydrogens is 110 g/mol. The van der Waals surface area contributed by atoms with Crippen molar-refractivity contribution in [3.63, 3.8) is 0 Å². The Balaban J connectivity index is 2.26. The normalized spacial score (nSPS) is 42.0. The van der Waals surface area contributed by atoms with Gasteiger partial charge >= 0.3 is 0 Å². The average molecular weight is 120 g/mol. The first-order valence-corrected chi connectivity index (χ1v) is 3.93. The van der Waals surface area contributed by atoms with Crippen molar-refractivity contribution in [2.24, 2.45) is 5.73 Å². The van der Waals surface area contributed by atoms with E-state index in [1.165, 1.54) is 0 Å². The summed E-state index contributed by atoms with van der Waals surface area (Å²) in [5, 5.41) is 0. The molecule has 0 spiro atoms. The second-order valence-electron chi connectivity index (χ2n) is 1.88. The lowest BCUT2D eigenvalue weighted by Crippen LogP contribution is -2.20. The highest BCUT2D eigenvalue weighted by atomic mass is 32.2. The molecule has 0 aromatic rings. The van der Waals surface area contributed by atoms with Gasteiger partial charge in [-0.25, -0.2) is 0 Å². The minimum absolute atomic E-state index is 0.285. The Kier molecular flexibility index (Phi) is 1.57. The Morgan fingerprint density at radius 2 is 2.43 bits per heavy atom. The van der Waals surface area contributed by atoms with Crippen LogP contribution in [0.1, 0.15) is 6.42 Å². The number of hydrogen-bond acceptors (Lipinski definition) is 2. The largest absolute Gasteiger partial charge is 0.323 e. The topological polar surface area (TPSA) is 46.2 Å². The van der Waals surface area contributed by atoms with Gasteiger partial charge in [-0.05, 0) is 0 Å². The van der Waals surface area contributed by atoms with E-state index in [9.17, 15) is 0 Å². The summed E-state index contributed by atoms with van der Waals surface area (Å²) in [6.45, 7) is 0. The molecule has 7 heavy (non-hydrogen) atoms. The van der Waals surface area contributed by atoms with Gasteiger partial charge in [0.25, 0.3) is 0 Å². The van der Waals surface area contributed by atoms with E-state index < -0.39 is 0 Å². The molecule has 1 rings (SSSR count). The van der Waals surface area contributed by atoms with Crippen LogP contribution in [0.5, 0.6) is 0 Å². The van der Waals surface area contributed by atoms with Crippen molar-refractivity contribution in [1.82, 2.24) is 0 Å². The van der Waals surface area contributed by atoms with Crippen molar-refractivity contribution < 1.29 is 4.55 Å². The number of hydrogen-bond donors (Lipinski definition) is 2. The highest BCUT2D eigenvalue weighted by Crippen LogP contribution is 2.07. The van der Waals surface area contributed by atoms with Gasteiger partial charge in [-0.1, -0.05) is 0 Å². The number of nitrogens with two attached hydrogens (primary N) is 1. The summed E-state index contributed by atoms with van der Waals surface area (Å²) in [7, 11) is 0. The molecule has 0 bridgehead atoms. The van der Waals surface area contributed by atoms with Gasteiger partial charge in [0.1, 0.15) is 16.9 Å². The molecule has 2 nitrogen and oxygen atoms in total. The van der Waals surface area contributed by atoms with Gasteiger partial charge in [0.15, 0.2) is 5.75 Å². The third-order valence-corrected chi connectivity index (χ3v) is 2.65. The van der Waals surface area contributed by atoms with Gasteiger partial charge in [-0.2, -0.15) is 4.55 Å². The van der Waals surface area contributed by atoms with Crippen LogP contribution in [0.2, 0.25) is 0 Å². The van der Waals surface area contributed by atoms with E-state index in [4.69, 9.17) is 10.3 Å². The average Bonchev–Trinajstić information content (AvgIpc) is 1.87. The fourth-order valence-corrected chi connectivity index (χ4v) is 2.10. The molecule has 42 valence electrons. The maximum absolute atomic E-state index is 8.85. The van der Waals surface area contributed by atoms with Crippen LogP contribution in [0.3, 0.4) is 0 Å². The lowest BCUT2D eigenvalue weighted by molar-refractivity contribution is 0.644. The lowest BCUT2D eigenvalue weighted by Gasteiger charge is -1.87. The molecule has 0 aromatic carbocycles. The fourth-order valence-electron chi connectivity index (χ4n) is 0.701. The zero-order chi connectivity index (χ0) is 5.28. The van der Waals surface area contributed by atoms with Gasteiger partial charge in [0.05, 0.1) is 6.04 Å². The van der Waals surface area contributed by atoms with E-state index in [2.05, 4.69) is 0 Å². The van der Waals surface area contributed by atoms with Gasteiger partial charge in [0.2, 0.25) is 0 Å². The molecule has 1 aliphatic rings. The van der Waals surface area contributed by atoms with Crippen LogP contribution in [0.15, 0.2) is 0 Å². The summed E-state index contributed by atoms with van der Waals surface area (Å²) in [5.74, 6) is 1.77. The molecule has 2 atom stereocenters. The first-order valence-electron chi connectivity index (χ1n) is 2.41. The van der Waals surface area contributed by atoms with Crippen molar-refractivity contribution in [1.29, 1.82) is 0 Å². The van der Waals surface area contributed by atoms with Crippen LogP contribution in [0.25, 0.3) is 0 Å². The van der Waals surface area contributed by atoms with E-state index in [1.54, 1.807) is 0 Å². The first kappa shape index (κ1) is 5.41. The molecule has 0 radical (unpaired) electrons. The van der Waals surface area contributed by atoms with Crippen molar-refractivity contribution in [3.05, 3.63) is 0 Å². The van der Waals surface area contributed by atoms with Gasteiger partial charge in [-0.3, -0.25) is 0 Å². The molecule has 3 N–H and O–H groups in total. The van der Waals surface area contributed by atoms with E-state index in [0.717, 1.165) is 17.9 Å². The minimum Gasteiger partial charge on any atom is -0.323 e. The second kappa shape index (κ2) is 2.03. The molecule has 0 saturated carbocycles. The van der Waals surface area contributed by atoms with Crippen LogP contribution in [0, 0.1) is 0 Å². The molecule has 3 heteroatoms. The van der Waals surface area contributed by atoms with E-state index in [0.29, 0.717) is 0 Å². The van der Waals surface area contributed by atoms with E-state index in [-0.39, 0.29) is 17.2 Å². The summed E-state index contributed by atoms with van der Waals surface area (Å²) in [6.07, 6.45) is 1.01. The molecule has 1 unspecified atom stereocenters. The Labute approximate surface area is 46.3 Å². The Bertz CT molecular complexity index is 60.7. The molecular formula is C4H10NOS+. The maximum Gasteiger partial charge on any atom is 0.156 e. The van der Waals surface area contributed by atoms with Crippen molar-refractivity contribution in [2.75, 3.05) is 11.5 Å². The van der Waals surface area contributed by atoms with E-state index >= 15 is 0 Å². The van der Waals surface area contributed by atoms with Gasteiger partial charge in [0, 0.05) is 6.42 Å².